The minimum atomic E-state index is -0.612. The summed E-state index contributed by atoms with van der Waals surface area (Å²) in [6.45, 7) is 7.67. The van der Waals surface area contributed by atoms with Gasteiger partial charge in [-0.3, -0.25) is 10.1 Å². The number of hydrogen-bond donors (Lipinski definition) is 1. The Bertz CT molecular complexity index is 866. The minimum Gasteiger partial charge on any atom is -0.461 e. The maximum atomic E-state index is 12.2. The van der Waals surface area contributed by atoms with Crippen molar-refractivity contribution in [2.45, 2.75) is 39.8 Å². The molecule has 1 N–H and O–H groups in total. The lowest BCUT2D eigenvalue weighted by atomic mass is 10.2. The number of aromatic nitrogens is 1. The van der Waals surface area contributed by atoms with Gasteiger partial charge in [0.15, 0.2) is 0 Å². The van der Waals surface area contributed by atoms with Gasteiger partial charge >= 0.3 is 12.1 Å². The molecular formula is C18H23N3O6. The first kappa shape index (κ1) is 20.2. The number of esters is 1. The molecule has 1 amide bonds. The van der Waals surface area contributed by atoms with Crippen molar-refractivity contribution < 1.29 is 24.0 Å². The summed E-state index contributed by atoms with van der Waals surface area (Å²) in [5.74, 6) is -0.534. The molecule has 0 saturated carbocycles. The van der Waals surface area contributed by atoms with Crippen molar-refractivity contribution in [2.24, 2.45) is 0 Å². The maximum absolute atomic E-state index is 12.2. The fourth-order valence-corrected chi connectivity index (χ4v) is 2.57. The second-order valence-electron chi connectivity index (χ2n) is 6.83. The zero-order valence-electron chi connectivity index (χ0n) is 15.8. The van der Waals surface area contributed by atoms with Gasteiger partial charge in [-0.05, 0) is 39.8 Å². The van der Waals surface area contributed by atoms with E-state index in [2.05, 4.69) is 5.32 Å². The first-order valence-corrected chi connectivity index (χ1v) is 8.54. The summed E-state index contributed by atoms with van der Waals surface area (Å²) in [5.41, 5.74) is 0.217. The minimum absolute atomic E-state index is 0.0676. The van der Waals surface area contributed by atoms with Crippen LogP contribution in [0.25, 0.3) is 10.9 Å². The first-order chi connectivity index (χ1) is 12.6. The Morgan fingerprint density at radius 2 is 1.96 bits per heavy atom. The Labute approximate surface area is 156 Å². The van der Waals surface area contributed by atoms with E-state index in [0.29, 0.717) is 10.9 Å². The summed E-state index contributed by atoms with van der Waals surface area (Å²) >= 11 is 0. The Balaban J connectivity index is 2.26. The third-order valence-electron chi connectivity index (χ3n) is 3.58. The summed E-state index contributed by atoms with van der Waals surface area (Å²) in [4.78, 5) is 34.5. The molecule has 27 heavy (non-hydrogen) atoms. The summed E-state index contributed by atoms with van der Waals surface area (Å²) < 4.78 is 11.9. The molecule has 0 aliphatic carbocycles. The van der Waals surface area contributed by atoms with Crippen LogP contribution in [0, 0.1) is 10.1 Å². The number of ether oxygens (including phenoxy) is 2. The molecule has 2 rings (SSSR count). The molecule has 0 bridgehead atoms. The third kappa shape index (κ3) is 5.19. The lowest BCUT2D eigenvalue weighted by Crippen LogP contribution is -2.34. The van der Waals surface area contributed by atoms with Crippen LogP contribution < -0.4 is 5.32 Å². The van der Waals surface area contributed by atoms with E-state index in [1.807, 2.05) is 0 Å². The number of nitro groups is 1. The molecule has 1 aromatic heterocycles. The molecule has 1 aromatic carbocycles. The van der Waals surface area contributed by atoms with E-state index >= 15 is 0 Å². The van der Waals surface area contributed by atoms with Crippen molar-refractivity contribution in [3.8, 4) is 0 Å². The van der Waals surface area contributed by atoms with E-state index in [0.717, 1.165) is 0 Å². The lowest BCUT2D eigenvalue weighted by molar-refractivity contribution is -0.384. The molecule has 0 fully saturated rings. The number of carbonyl (C=O) groups excluding carboxylic acids is 2. The molecule has 0 unspecified atom stereocenters. The average Bonchev–Trinajstić information content (AvgIpc) is 2.91. The van der Waals surface area contributed by atoms with Crippen molar-refractivity contribution in [1.82, 2.24) is 9.88 Å². The molecule has 1 heterocycles. The van der Waals surface area contributed by atoms with Gasteiger partial charge in [-0.25, -0.2) is 9.59 Å². The largest absolute Gasteiger partial charge is 0.461 e. The normalized spacial score (nSPS) is 11.3. The van der Waals surface area contributed by atoms with E-state index in [-0.39, 0.29) is 31.1 Å². The SMILES string of the molecule is CCOC(=O)c1cc2cc([N+](=O)[O-])ccc2n1CCNC(=O)OC(C)(C)C. The molecule has 146 valence electrons. The van der Waals surface area contributed by atoms with Gasteiger partial charge in [-0.1, -0.05) is 0 Å². The Kier molecular flexibility index (Phi) is 6.04. The van der Waals surface area contributed by atoms with Crippen molar-refractivity contribution in [1.29, 1.82) is 0 Å². The number of nitrogens with one attached hydrogen (secondary N) is 1. The van der Waals surface area contributed by atoms with Crippen LogP contribution in [0.1, 0.15) is 38.2 Å². The van der Waals surface area contributed by atoms with Crippen LogP contribution in [0.15, 0.2) is 24.3 Å². The first-order valence-electron chi connectivity index (χ1n) is 8.54. The van der Waals surface area contributed by atoms with E-state index in [1.54, 1.807) is 44.4 Å². The fourth-order valence-electron chi connectivity index (χ4n) is 2.57. The second kappa shape index (κ2) is 8.07. The summed E-state index contributed by atoms with van der Waals surface area (Å²) in [6, 6.07) is 5.89. The molecule has 0 aliphatic heterocycles. The fraction of sp³-hybridized carbons (Fsp3) is 0.444. The number of non-ortho nitro benzene ring substituents is 1. The number of fused-ring (bicyclic) bond motifs is 1. The van der Waals surface area contributed by atoms with Gasteiger partial charge in [0.25, 0.3) is 5.69 Å². The number of alkyl carbamates (subject to hydrolysis) is 1. The smallest absolute Gasteiger partial charge is 0.407 e. The van der Waals surface area contributed by atoms with Gasteiger partial charge in [-0.2, -0.15) is 0 Å². The van der Waals surface area contributed by atoms with Gasteiger partial charge < -0.3 is 19.4 Å². The number of amides is 1. The highest BCUT2D eigenvalue weighted by Gasteiger charge is 2.20. The molecule has 0 saturated heterocycles. The van der Waals surface area contributed by atoms with Gasteiger partial charge in [0.2, 0.25) is 0 Å². The van der Waals surface area contributed by atoms with Crippen molar-refractivity contribution >= 4 is 28.7 Å². The molecular weight excluding hydrogens is 354 g/mol. The summed E-state index contributed by atoms with van der Waals surface area (Å²) in [5, 5.41) is 14.2. The summed E-state index contributed by atoms with van der Waals surface area (Å²) in [6.07, 6.45) is -0.563. The predicted octanol–water partition coefficient (Wildman–Crippen LogP) is 3.25. The third-order valence-corrected chi connectivity index (χ3v) is 3.58. The number of carbonyl (C=O) groups is 2. The Morgan fingerprint density at radius 3 is 2.56 bits per heavy atom. The quantitative estimate of drug-likeness (QED) is 0.470. The number of nitrogens with zero attached hydrogens (tertiary/aromatic N) is 2. The molecule has 0 aliphatic rings. The van der Waals surface area contributed by atoms with Crippen molar-refractivity contribution in [3.63, 3.8) is 0 Å². The molecule has 0 spiro atoms. The van der Waals surface area contributed by atoms with Crippen LogP contribution >= 0.6 is 0 Å². The number of hydrogen-bond acceptors (Lipinski definition) is 6. The number of rotatable bonds is 6. The highest BCUT2D eigenvalue weighted by molar-refractivity contribution is 5.96. The van der Waals surface area contributed by atoms with Gasteiger partial charge in [0.1, 0.15) is 11.3 Å². The van der Waals surface area contributed by atoms with Crippen LogP contribution in [0.2, 0.25) is 0 Å². The maximum Gasteiger partial charge on any atom is 0.407 e. The van der Waals surface area contributed by atoms with Gasteiger partial charge in [-0.15, -0.1) is 0 Å². The van der Waals surface area contributed by atoms with E-state index in [9.17, 15) is 19.7 Å². The number of nitro benzene ring substituents is 1. The van der Waals surface area contributed by atoms with Gasteiger partial charge in [0, 0.05) is 36.1 Å². The standard InChI is InChI=1S/C18H23N3O6/c1-5-26-16(22)15-11-12-10-13(21(24)25)6-7-14(12)20(15)9-8-19-17(23)27-18(2,3)4/h6-7,10-11H,5,8-9H2,1-4H3,(H,19,23). The lowest BCUT2D eigenvalue weighted by Gasteiger charge is -2.20. The summed E-state index contributed by atoms with van der Waals surface area (Å²) in [7, 11) is 0. The van der Waals surface area contributed by atoms with E-state index in [1.165, 1.54) is 12.1 Å². The zero-order chi connectivity index (χ0) is 20.2. The average molecular weight is 377 g/mol. The molecule has 0 radical (unpaired) electrons. The highest BCUT2D eigenvalue weighted by atomic mass is 16.6. The van der Waals surface area contributed by atoms with Crippen LogP contribution in [0.4, 0.5) is 10.5 Å². The van der Waals surface area contributed by atoms with Crippen LogP contribution in [-0.2, 0) is 16.0 Å². The van der Waals surface area contributed by atoms with Gasteiger partial charge in [0.05, 0.1) is 11.5 Å². The van der Waals surface area contributed by atoms with E-state index in [4.69, 9.17) is 9.47 Å². The second-order valence-corrected chi connectivity index (χ2v) is 6.83. The highest BCUT2D eigenvalue weighted by Crippen LogP contribution is 2.25. The van der Waals surface area contributed by atoms with E-state index < -0.39 is 22.6 Å². The topological polar surface area (TPSA) is 113 Å². The molecule has 9 nitrogen and oxygen atoms in total. The van der Waals surface area contributed by atoms with Crippen molar-refractivity contribution in [2.75, 3.05) is 13.2 Å². The van der Waals surface area contributed by atoms with Crippen LogP contribution in [0.5, 0.6) is 0 Å². The van der Waals surface area contributed by atoms with Crippen LogP contribution in [0.3, 0.4) is 0 Å². The monoisotopic (exact) mass is 377 g/mol. The van der Waals surface area contributed by atoms with Crippen molar-refractivity contribution in [3.05, 3.63) is 40.1 Å². The Hall–Kier alpha value is -3.10. The predicted molar refractivity (Wildman–Crippen MR) is 98.8 cm³/mol. The molecule has 2 aromatic rings. The van der Waals surface area contributed by atoms with Crippen LogP contribution in [-0.4, -0.2) is 40.3 Å². The zero-order valence-corrected chi connectivity index (χ0v) is 15.8. The molecule has 0 atom stereocenters. The number of benzene rings is 1. The Morgan fingerprint density at radius 1 is 1.26 bits per heavy atom. The molecule has 9 heteroatoms.